The van der Waals surface area contributed by atoms with Crippen LogP contribution in [0.15, 0.2) is 72.8 Å². The van der Waals surface area contributed by atoms with Gasteiger partial charge in [-0.3, -0.25) is 4.90 Å². The molecular formula is C22H16ClF3N2O2. The molecule has 4 rings (SSSR count). The van der Waals surface area contributed by atoms with Gasteiger partial charge in [-0.05, 0) is 66.2 Å². The second kappa shape index (κ2) is 7.91. The van der Waals surface area contributed by atoms with Crippen molar-refractivity contribution in [1.29, 1.82) is 0 Å². The molecule has 2 amide bonds. The first-order valence-electron chi connectivity index (χ1n) is 9.09. The molecule has 1 N–H and O–H groups in total. The molecule has 0 aromatic heterocycles. The highest BCUT2D eigenvalue weighted by Gasteiger charge is 2.35. The first kappa shape index (κ1) is 20.1. The van der Waals surface area contributed by atoms with Gasteiger partial charge in [0, 0.05) is 17.3 Å². The van der Waals surface area contributed by atoms with Crippen molar-refractivity contribution in [3.8, 4) is 11.5 Å². The second-order valence-corrected chi connectivity index (χ2v) is 7.18. The van der Waals surface area contributed by atoms with Crippen molar-refractivity contribution >= 4 is 23.3 Å². The molecule has 0 aliphatic carbocycles. The van der Waals surface area contributed by atoms with Crippen LogP contribution in [0.4, 0.5) is 23.7 Å². The molecule has 1 aliphatic rings. The molecule has 0 spiro atoms. The van der Waals surface area contributed by atoms with Crippen LogP contribution in [0.3, 0.4) is 0 Å². The number of urea groups is 1. The van der Waals surface area contributed by atoms with E-state index in [1.54, 1.807) is 54.6 Å². The Balaban J connectivity index is 1.57. The minimum atomic E-state index is -4.45. The molecule has 0 radical (unpaired) electrons. The number of anilines is 1. The van der Waals surface area contributed by atoms with Gasteiger partial charge in [0.1, 0.15) is 11.5 Å². The standard InChI is InChI=1S/C22H16ClF3N2O2/c23-16-4-8-18(9-5-16)30-19-10-6-17(7-11-19)28-20(13-27-21(28)29)14-2-1-3-15(12-14)22(24,25)26/h1-12,20H,13H2,(H,27,29)/t20-/m0/s1. The summed E-state index contributed by atoms with van der Waals surface area (Å²) in [5, 5.41) is 3.29. The van der Waals surface area contributed by atoms with Gasteiger partial charge in [0.25, 0.3) is 0 Å². The number of rotatable bonds is 4. The lowest BCUT2D eigenvalue weighted by Crippen LogP contribution is -2.29. The summed E-state index contributed by atoms with van der Waals surface area (Å²) in [6.45, 7) is 0.211. The fourth-order valence-corrected chi connectivity index (χ4v) is 3.43. The van der Waals surface area contributed by atoms with Gasteiger partial charge < -0.3 is 10.1 Å². The summed E-state index contributed by atoms with van der Waals surface area (Å²) < 4.78 is 45.0. The average Bonchev–Trinajstić information content (AvgIpc) is 3.11. The van der Waals surface area contributed by atoms with E-state index >= 15 is 0 Å². The predicted molar refractivity (Wildman–Crippen MR) is 108 cm³/mol. The van der Waals surface area contributed by atoms with Crippen molar-refractivity contribution in [2.45, 2.75) is 12.2 Å². The lowest BCUT2D eigenvalue weighted by Gasteiger charge is -2.24. The zero-order valence-electron chi connectivity index (χ0n) is 15.5. The van der Waals surface area contributed by atoms with Gasteiger partial charge in [0.2, 0.25) is 0 Å². The van der Waals surface area contributed by atoms with Crippen LogP contribution in [0.2, 0.25) is 5.02 Å². The molecule has 3 aromatic carbocycles. The number of benzene rings is 3. The molecule has 30 heavy (non-hydrogen) atoms. The van der Waals surface area contributed by atoms with Crippen LogP contribution < -0.4 is 15.0 Å². The van der Waals surface area contributed by atoms with Gasteiger partial charge in [0.05, 0.1) is 11.6 Å². The number of amides is 2. The maximum absolute atomic E-state index is 13.1. The Kier molecular flexibility index (Phi) is 5.30. The lowest BCUT2D eigenvalue weighted by molar-refractivity contribution is -0.137. The van der Waals surface area contributed by atoms with Crippen LogP contribution in [0, 0.1) is 0 Å². The van der Waals surface area contributed by atoms with Crippen LogP contribution in [0.25, 0.3) is 0 Å². The first-order valence-corrected chi connectivity index (χ1v) is 9.47. The van der Waals surface area contributed by atoms with E-state index in [4.69, 9.17) is 16.3 Å². The Labute approximate surface area is 175 Å². The summed E-state index contributed by atoms with van der Waals surface area (Å²) in [5.41, 5.74) is 0.214. The predicted octanol–water partition coefficient (Wildman–Crippen LogP) is 6.42. The maximum Gasteiger partial charge on any atom is 0.416 e. The van der Waals surface area contributed by atoms with Crippen LogP contribution >= 0.6 is 11.6 Å². The van der Waals surface area contributed by atoms with Gasteiger partial charge in [0.15, 0.2) is 0 Å². The van der Waals surface area contributed by atoms with E-state index in [0.717, 1.165) is 12.1 Å². The van der Waals surface area contributed by atoms with Gasteiger partial charge in [-0.2, -0.15) is 13.2 Å². The van der Waals surface area contributed by atoms with Crippen LogP contribution in [0.1, 0.15) is 17.2 Å². The van der Waals surface area contributed by atoms with E-state index < -0.39 is 17.8 Å². The second-order valence-electron chi connectivity index (χ2n) is 6.74. The Morgan fingerprint density at radius 2 is 1.60 bits per heavy atom. The third kappa shape index (κ3) is 4.21. The molecule has 3 aromatic rings. The minimum absolute atomic E-state index is 0.211. The summed E-state index contributed by atoms with van der Waals surface area (Å²) in [6, 6.07) is 17.8. The number of nitrogens with one attached hydrogen (secondary N) is 1. The lowest BCUT2D eigenvalue weighted by atomic mass is 10.0. The maximum atomic E-state index is 13.1. The number of ether oxygens (including phenoxy) is 1. The Hall–Kier alpha value is -3.19. The highest BCUT2D eigenvalue weighted by Crippen LogP contribution is 2.35. The van der Waals surface area contributed by atoms with Crippen molar-refractivity contribution in [3.63, 3.8) is 0 Å². The van der Waals surface area contributed by atoms with Gasteiger partial charge in [-0.15, -0.1) is 0 Å². The Morgan fingerprint density at radius 3 is 2.23 bits per heavy atom. The van der Waals surface area contributed by atoms with E-state index in [-0.39, 0.29) is 12.6 Å². The van der Waals surface area contributed by atoms with Crippen LogP contribution in [0.5, 0.6) is 11.5 Å². The number of nitrogens with zero attached hydrogens (tertiary/aromatic N) is 1. The van der Waals surface area contributed by atoms with Crippen LogP contribution in [-0.4, -0.2) is 12.6 Å². The quantitative estimate of drug-likeness (QED) is 0.516. The summed E-state index contributed by atoms with van der Waals surface area (Å²) >= 11 is 5.86. The molecule has 1 fully saturated rings. The van der Waals surface area contributed by atoms with Gasteiger partial charge in [-0.1, -0.05) is 23.7 Å². The van der Waals surface area contributed by atoms with Crippen molar-refractivity contribution in [3.05, 3.63) is 88.9 Å². The average molecular weight is 433 g/mol. The largest absolute Gasteiger partial charge is 0.457 e. The smallest absolute Gasteiger partial charge is 0.416 e. The number of carbonyl (C=O) groups excluding carboxylic acids is 1. The molecule has 0 unspecified atom stereocenters. The molecule has 1 heterocycles. The molecule has 154 valence electrons. The molecule has 8 heteroatoms. The topological polar surface area (TPSA) is 41.6 Å². The molecule has 1 atom stereocenters. The number of hydrogen-bond donors (Lipinski definition) is 1. The van der Waals surface area contributed by atoms with E-state index in [1.807, 2.05) is 0 Å². The fourth-order valence-electron chi connectivity index (χ4n) is 3.30. The Morgan fingerprint density at radius 1 is 0.967 bits per heavy atom. The molecule has 1 aliphatic heterocycles. The number of hydrogen-bond acceptors (Lipinski definition) is 2. The summed E-state index contributed by atoms with van der Waals surface area (Å²) in [6.07, 6.45) is -4.45. The summed E-state index contributed by atoms with van der Waals surface area (Å²) in [5.74, 6) is 1.16. The monoisotopic (exact) mass is 432 g/mol. The van der Waals surface area contributed by atoms with Crippen molar-refractivity contribution in [2.75, 3.05) is 11.4 Å². The normalized spacial score (nSPS) is 16.5. The Bertz CT molecular complexity index is 1050. The third-order valence-electron chi connectivity index (χ3n) is 4.74. The van der Waals surface area contributed by atoms with E-state index in [2.05, 4.69) is 5.32 Å². The summed E-state index contributed by atoms with van der Waals surface area (Å²) in [4.78, 5) is 13.8. The van der Waals surface area contributed by atoms with Crippen molar-refractivity contribution < 1.29 is 22.7 Å². The zero-order valence-corrected chi connectivity index (χ0v) is 16.2. The van der Waals surface area contributed by atoms with Crippen molar-refractivity contribution in [1.82, 2.24) is 5.32 Å². The van der Waals surface area contributed by atoms with Crippen LogP contribution in [-0.2, 0) is 6.18 Å². The van der Waals surface area contributed by atoms with Gasteiger partial charge in [-0.25, -0.2) is 4.79 Å². The molecule has 1 saturated heterocycles. The van der Waals surface area contributed by atoms with E-state index in [0.29, 0.717) is 27.8 Å². The molecule has 0 saturated carbocycles. The number of alkyl halides is 3. The highest BCUT2D eigenvalue weighted by molar-refractivity contribution is 6.30. The molecule has 4 nitrogen and oxygen atoms in total. The molecular weight excluding hydrogens is 417 g/mol. The van der Waals surface area contributed by atoms with E-state index in [1.165, 1.54) is 11.0 Å². The number of carbonyl (C=O) groups is 1. The zero-order chi connectivity index (χ0) is 21.3. The first-order chi connectivity index (χ1) is 14.3. The fraction of sp³-hybridized carbons (Fsp3) is 0.136. The minimum Gasteiger partial charge on any atom is -0.457 e. The third-order valence-corrected chi connectivity index (χ3v) is 4.99. The van der Waals surface area contributed by atoms with E-state index in [9.17, 15) is 18.0 Å². The highest BCUT2D eigenvalue weighted by atomic mass is 35.5. The van der Waals surface area contributed by atoms with Gasteiger partial charge >= 0.3 is 12.2 Å². The van der Waals surface area contributed by atoms with Crippen molar-refractivity contribution in [2.24, 2.45) is 0 Å². The summed E-state index contributed by atoms with van der Waals surface area (Å²) in [7, 11) is 0. The number of halogens is 4. The molecule has 0 bridgehead atoms. The SMILES string of the molecule is O=C1NC[C@@H](c2cccc(C(F)(F)F)c2)N1c1ccc(Oc2ccc(Cl)cc2)cc1.